The van der Waals surface area contributed by atoms with Gasteiger partial charge in [-0.3, -0.25) is 0 Å². The van der Waals surface area contributed by atoms with Crippen LogP contribution in [0.25, 0.3) is 11.0 Å². The molecule has 1 N–H and O–H groups in total. The minimum Gasteiger partial charge on any atom is -0.356 e. The second-order valence-electron chi connectivity index (χ2n) is 3.50. The predicted octanol–water partition coefficient (Wildman–Crippen LogP) is 2.93. The summed E-state index contributed by atoms with van der Waals surface area (Å²) in [4.78, 5) is 4.49. The van der Waals surface area contributed by atoms with E-state index in [1.165, 1.54) is 0 Å². The maximum atomic E-state index is 5.96. The predicted molar refractivity (Wildman–Crippen MR) is 65.1 cm³/mol. The molecule has 0 saturated heterocycles. The summed E-state index contributed by atoms with van der Waals surface area (Å²) >= 11 is 5.96. The molecule has 1 aliphatic heterocycles. The number of hydrogen-bond donors (Lipinski definition) is 1. The Labute approximate surface area is 98.8 Å². The van der Waals surface area contributed by atoms with E-state index >= 15 is 0 Å². The Balaban J connectivity index is 0.000000853. The third-order valence-corrected chi connectivity index (χ3v) is 2.79. The van der Waals surface area contributed by atoms with E-state index < -0.39 is 0 Å². The lowest BCUT2D eigenvalue weighted by Crippen LogP contribution is -2.16. The van der Waals surface area contributed by atoms with E-state index in [0.29, 0.717) is 0 Å². The number of imidazole rings is 1. The summed E-state index contributed by atoms with van der Waals surface area (Å²) in [5, 5.41) is 4.05. The number of halogens is 2. The second-order valence-corrected chi connectivity index (χ2v) is 3.94. The molecule has 1 aromatic heterocycles. The molecule has 0 bridgehead atoms. The summed E-state index contributed by atoms with van der Waals surface area (Å²) in [5.74, 6) is 0.966. The molecule has 0 aliphatic carbocycles. The molecule has 2 heterocycles. The van der Waals surface area contributed by atoms with Crippen LogP contribution in [0.1, 0.15) is 6.42 Å². The molecule has 0 unspecified atom stereocenters. The summed E-state index contributed by atoms with van der Waals surface area (Å²) in [6.07, 6.45) is 1.14. The molecule has 3 nitrogen and oxygen atoms in total. The first kappa shape index (κ1) is 10.6. The van der Waals surface area contributed by atoms with Gasteiger partial charge in [0.25, 0.3) is 0 Å². The number of nitrogens with one attached hydrogen (secondary N) is 1. The van der Waals surface area contributed by atoms with Crippen molar-refractivity contribution in [1.82, 2.24) is 9.55 Å². The van der Waals surface area contributed by atoms with Gasteiger partial charge in [0.1, 0.15) is 0 Å². The van der Waals surface area contributed by atoms with Gasteiger partial charge in [-0.2, -0.15) is 0 Å². The highest BCUT2D eigenvalue weighted by Gasteiger charge is 2.13. The SMILES string of the molecule is Cl.Clc1ccc2nc3n(c2c1)CCCN3. The van der Waals surface area contributed by atoms with E-state index in [1.54, 1.807) is 0 Å². The number of fused-ring (bicyclic) bond motifs is 3. The lowest BCUT2D eigenvalue weighted by molar-refractivity contribution is 0.642. The molecule has 1 aliphatic rings. The standard InChI is InChI=1S/C10H10ClN3.ClH/c11-7-2-3-8-9(6-7)14-5-1-4-12-10(14)13-8;/h2-3,6H,1,4-5H2,(H,12,13);1H. The van der Waals surface area contributed by atoms with E-state index in [4.69, 9.17) is 11.6 Å². The molecule has 1 aromatic carbocycles. The molecule has 3 rings (SSSR count). The van der Waals surface area contributed by atoms with Crippen molar-refractivity contribution in [3.8, 4) is 0 Å². The van der Waals surface area contributed by atoms with Gasteiger partial charge in [0.15, 0.2) is 0 Å². The number of benzene rings is 1. The molecule has 0 fully saturated rings. The lowest BCUT2D eigenvalue weighted by atomic mass is 10.3. The summed E-state index contributed by atoms with van der Waals surface area (Å²) in [7, 11) is 0. The van der Waals surface area contributed by atoms with Crippen LogP contribution in [0.15, 0.2) is 18.2 Å². The fourth-order valence-corrected chi connectivity index (χ4v) is 2.06. The van der Waals surface area contributed by atoms with Crippen molar-refractivity contribution in [2.75, 3.05) is 11.9 Å². The summed E-state index contributed by atoms with van der Waals surface area (Å²) in [5.41, 5.74) is 2.14. The largest absolute Gasteiger partial charge is 0.356 e. The average Bonchev–Trinajstić information content (AvgIpc) is 2.56. The second kappa shape index (κ2) is 3.91. The van der Waals surface area contributed by atoms with Gasteiger partial charge in [-0.05, 0) is 24.6 Å². The Kier molecular flexibility index (Phi) is 2.76. The van der Waals surface area contributed by atoms with Crippen molar-refractivity contribution >= 4 is 41.0 Å². The molecular weight excluding hydrogens is 233 g/mol. The van der Waals surface area contributed by atoms with Crippen LogP contribution < -0.4 is 5.32 Å². The molecule has 0 saturated carbocycles. The molecule has 0 amide bonds. The fourth-order valence-electron chi connectivity index (χ4n) is 1.89. The topological polar surface area (TPSA) is 29.9 Å². The monoisotopic (exact) mass is 243 g/mol. The Morgan fingerprint density at radius 3 is 3.13 bits per heavy atom. The van der Waals surface area contributed by atoms with E-state index in [9.17, 15) is 0 Å². The molecule has 0 spiro atoms. The zero-order chi connectivity index (χ0) is 9.54. The van der Waals surface area contributed by atoms with Crippen LogP contribution in [0.3, 0.4) is 0 Å². The zero-order valence-corrected chi connectivity index (χ0v) is 9.61. The van der Waals surface area contributed by atoms with Gasteiger partial charge in [-0.1, -0.05) is 11.6 Å². The first-order chi connectivity index (χ1) is 6.84. The smallest absolute Gasteiger partial charge is 0.203 e. The van der Waals surface area contributed by atoms with Crippen LogP contribution in [0.5, 0.6) is 0 Å². The molecular formula is C10H11Cl2N3. The van der Waals surface area contributed by atoms with Crippen molar-refractivity contribution in [1.29, 1.82) is 0 Å². The molecule has 80 valence electrons. The minimum atomic E-state index is 0. The van der Waals surface area contributed by atoms with Gasteiger partial charge in [-0.15, -0.1) is 12.4 Å². The van der Waals surface area contributed by atoms with Gasteiger partial charge in [0, 0.05) is 18.1 Å². The number of aromatic nitrogens is 2. The van der Waals surface area contributed by atoms with E-state index in [-0.39, 0.29) is 12.4 Å². The maximum Gasteiger partial charge on any atom is 0.203 e. The van der Waals surface area contributed by atoms with Crippen LogP contribution in [0.4, 0.5) is 5.95 Å². The van der Waals surface area contributed by atoms with Crippen molar-refractivity contribution in [2.24, 2.45) is 0 Å². The van der Waals surface area contributed by atoms with E-state index in [0.717, 1.165) is 41.5 Å². The molecule has 2 aromatic rings. The zero-order valence-electron chi connectivity index (χ0n) is 8.03. The summed E-state index contributed by atoms with van der Waals surface area (Å²) in [6.45, 7) is 2.04. The normalized spacial score (nSPS) is 14.2. The number of aryl methyl sites for hydroxylation is 1. The molecule has 5 heteroatoms. The highest BCUT2D eigenvalue weighted by atomic mass is 35.5. The first-order valence-corrected chi connectivity index (χ1v) is 5.12. The highest BCUT2D eigenvalue weighted by molar-refractivity contribution is 6.31. The van der Waals surface area contributed by atoms with Crippen LogP contribution >= 0.6 is 24.0 Å². The van der Waals surface area contributed by atoms with Crippen molar-refractivity contribution in [3.05, 3.63) is 23.2 Å². The third-order valence-electron chi connectivity index (χ3n) is 2.55. The van der Waals surface area contributed by atoms with E-state index in [2.05, 4.69) is 14.9 Å². The van der Waals surface area contributed by atoms with Crippen molar-refractivity contribution in [3.63, 3.8) is 0 Å². The van der Waals surface area contributed by atoms with Crippen LogP contribution in [-0.4, -0.2) is 16.1 Å². The van der Waals surface area contributed by atoms with Crippen LogP contribution in [0.2, 0.25) is 5.02 Å². The van der Waals surface area contributed by atoms with E-state index in [1.807, 2.05) is 18.2 Å². The van der Waals surface area contributed by atoms with Gasteiger partial charge in [-0.25, -0.2) is 4.98 Å². The lowest BCUT2D eigenvalue weighted by Gasteiger charge is -2.15. The van der Waals surface area contributed by atoms with Crippen LogP contribution in [0, 0.1) is 0 Å². The fraction of sp³-hybridized carbons (Fsp3) is 0.300. The highest BCUT2D eigenvalue weighted by Crippen LogP contribution is 2.25. The summed E-state index contributed by atoms with van der Waals surface area (Å²) in [6, 6.07) is 5.81. The van der Waals surface area contributed by atoms with Gasteiger partial charge < -0.3 is 9.88 Å². The van der Waals surface area contributed by atoms with Crippen LogP contribution in [-0.2, 0) is 6.54 Å². The number of hydrogen-bond acceptors (Lipinski definition) is 2. The molecule has 0 atom stereocenters. The molecule has 15 heavy (non-hydrogen) atoms. The first-order valence-electron chi connectivity index (χ1n) is 4.74. The minimum absolute atomic E-state index is 0. The Morgan fingerprint density at radius 1 is 1.40 bits per heavy atom. The number of rotatable bonds is 0. The van der Waals surface area contributed by atoms with Gasteiger partial charge >= 0.3 is 0 Å². The van der Waals surface area contributed by atoms with Gasteiger partial charge in [0.05, 0.1) is 11.0 Å². The maximum absolute atomic E-state index is 5.96. The molecule has 0 radical (unpaired) electrons. The Morgan fingerprint density at radius 2 is 2.27 bits per heavy atom. The van der Waals surface area contributed by atoms with Gasteiger partial charge in [0.2, 0.25) is 5.95 Å². The number of nitrogens with zero attached hydrogens (tertiary/aromatic N) is 2. The van der Waals surface area contributed by atoms with Crippen molar-refractivity contribution < 1.29 is 0 Å². The number of anilines is 1. The summed E-state index contributed by atoms with van der Waals surface area (Å²) < 4.78 is 2.19. The Hall–Kier alpha value is -0.930. The third kappa shape index (κ3) is 1.66. The average molecular weight is 244 g/mol. The Bertz CT molecular complexity index is 493. The quantitative estimate of drug-likeness (QED) is 0.772. The van der Waals surface area contributed by atoms with Crippen molar-refractivity contribution in [2.45, 2.75) is 13.0 Å².